The number of hydrogen-bond donors (Lipinski definition) is 1. The SMILES string of the molecule is CCC/N=C1\S/C(=C\c2ccc(OC[C@H](O)COCC3CCC3)c(Cl)c2)C(=O)N1c1ccccc1C. The minimum atomic E-state index is -0.719. The number of amides is 1. The molecule has 2 fully saturated rings. The second kappa shape index (κ2) is 12.8. The molecular formula is C28H33ClN2O4S. The summed E-state index contributed by atoms with van der Waals surface area (Å²) in [5, 5.41) is 11.2. The van der Waals surface area contributed by atoms with Crippen molar-refractivity contribution in [2.75, 3.05) is 31.3 Å². The molecule has 0 unspecified atom stereocenters. The highest BCUT2D eigenvalue weighted by Gasteiger charge is 2.35. The van der Waals surface area contributed by atoms with E-state index in [1.54, 1.807) is 17.0 Å². The van der Waals surface area contributed by atoms with E-state index in [4.69, 9.17) is 21.1 Å². The zero-order valence-electron chi connectivity index (χ0n) is 20.8. The molecule has 0 aromatic heterocycles. The van der Waals surface area contributed by atoms with Gasteiger partial charge in [0.1, 0.15) is 18.5 Å². The molecule has 1 atom stereocenters. The van der Waals surface area contributed by atoms with Crippen LogP contribution in [-0.4, -0.2) is 48.7 Å². The van der Waals surface area contributed by atoms with E-state index in [0.717, 1.165) is 23.2 Å². The molecule has 1 amide bonds. The lowest BCUT2D eigenvalue weighted by molar-refractivity contribution is -0.113. The number of thioether (sulfide) groups is 1. The molecular weight excluding hydrogens is 496 g/mol. The van der Waals surface area contributed by atoms with Crippen LogP contribution >= 0.6 is 23.4 Å². The number of aryl methyl sites for hydroxylation is 1. The summed E-state index contributed by atoms with van der Waals surface area (Å²) in [6.45, 7) is 5.75. The summed E-state index contributed by atoms with van der Waals surface area (Å²) in [5.74, 6) is 1.01. The van der Waals surface area contributed by atoms with Gasteiger partial charge in [0.25, 0.3) is 5.91 Å². The number of carbonyl (C=O) groups excluding carboxylic acids is 1. The van der Waals surface area contributed by atoms with Gasteiger partial charge in [0, 0.05) is 13.2 Å². The van der Waals surface area contributed by atoms with Crippen molar-refractivity contribution in [1.82, 2.24) is 0 Å². The van der Waals surface area contributed by atoms with Crippen molar-refractivity contribution >= 4 is 46.2 Å². The average molecular weight is 529 g/mol. The fraction of sp³-hybridized carbons (Fsp3) is 0.429. The van der Waals surface area contributed by atoms with Crippen molar-refractivity contribution in [3.05, 3.63) is 63.5 Å². The topological polar surface area (TPSA) is 71.4 Å². The molecule has 1 heterocycles. The van der Waals surface area contributed by atoms with Gasteiger partial charge in [0.2, 0.25) is 0 Å². The molecule has 192 valence electrons. The van der Waals surface area contributed by atoms with Gasteiger partial charge in [0.15, 0.2) is 5.17 Å². The number of benzene rings is 2. The second-order valence-electron chi connectivity index (χ2n) is 9.19. The van der Waals surface area contributed by atoms with Crippen LogP contribution in [0.5, 0.6) is 5.75 Å². The van der Waals surface area contributed by atoms with Gasteiger partial charge in [-0.05, 0) is 79.3 Å². The van der Waals surface area contributed by atoms with Gasteiger partial charge in [-0.1, -0.05) is 49.2 Å². The lowest BCUT2D eigenvalue weighted by Gasteiger charge is -2.25. The zero-order valence-corrected chi connectivity index (χ0v) is 22.4. The predicted octanol–water partition coefficient (Wildman–Crippen LogP) is 6.09. The normalized spacial score (nSPS) is 19.2. The number of aliphatic imine (C=N–C) groups is 1. The number of anilines is 1. The van der Waals surface area contributed by atoms with E-state index >= 15 is 0 Å². The summed E-state index contributed by atoms with van der Waals surface area (Å²) in [4.78, 5) is 20.3. The van der Waals surface area contributed by atoms with Crippen LogP contribution < -0.4 is 9.64 Å². The zero-order chi connectivity index (χ0) is 25.5. The monoisotopic (exact) mass is 528 g/mol. The van der Waals surface area contributed by atoms with E-state index in [9.17, 15) is 9.90 Å². The quantitative estimate of drug-likeness (QED) is 0.357. The second-order valence-corrected chi connectivity index (χ2v) is 10.6. The number of hydrogen-bond acceptors (Lipinski definition) is 6. The van der Waals surface area contributed by atoms with Crippen molar-refractivity contribution in [3.8, 4) is 5.75 Å². The smallest absolute Gasteiger partial charge is 0.271 e. The van der Waals surface area contributed by atoms with Crippen LogP contribution in [0.2, 0.25) is 5.02 Å². The van der Waals surface area contributed by atoms with Gasteiger partial charge >= 0.3 is 0 Å². The maximum absolute atomic E-state index is 13.4. The van der Waals surface area contributed by atoms with Crippen molar-refractivity contribution in [3.63, 3.8) is 0 Å². The third kappa shape index (κ3) is 6.71. The molecule has 1 aliphatic carbocycles. The summed E-state index contributed by atoms with van der Waals surface area (Å²) < 4.78 is 11.3. The molecule has 6 nitrogen and oxygen atoms in total. The Labute approximate surface area is 222 Å². The molecule has 1 N–H and O–H groups in total. The molecule has 8 heteroatoms. The Balaban J connectivity index is 1.42. The van der Waals surface area contributed by atoms with Gasteiger partial charge < -0.3 is 14.6 Å². The van der Waals surface area contributed by atoms with Gasteiger partial charge in [-0.2, -0.15) is 0 Å². The summed E-state index contributed by atoms with van der Waals surface area (Å²) in [5.41, 5.74) is 2.64. The molecule has 0 radical (unpaired) electrons. The number of nitrogens with zero attached hydrogens (tertiary/aromatic N) is 2. The van der Waals surface area contributed by atoms with Crippen LogP contribution in [-0.2, 0) is 9.53 Å². The van der Waals surface area contributed by atoms with Gasteiger partial charge in [-0.25, -0.2) is 0 Å². The van der Waals surface area contributed by atoms with Crippen molar-refractivity contribution in [2.24, 2.45) is 10.9 Å². The van der Waals surface area contributed by atoms with Crippen molar-refractivity contribution in [1.29, 1.82) is 0 Å². The van der Waals surface area contributed by atoms with Crippen molar-refractivity contribution < 1.29 is 19.4 Å². The minimum Gasteiger partial charge on any atom is -0.489 e. The Morgan fingerprint density at radius 2 is 2.06 bits per heavy atom. The Morgan fingerprint density at radius 3 is 2.75 bits per heavy atom. The summed E-state index contributed by atoms with van der Waals surface area (Å²) in [7, 11) is 0. The fourth-order valence-corrected chi connectivity index (χ4v) is 5.19. The highest BCUT2D eigenvalue weighted by molar-refractivity contribution is 8.19. The molecule has 4 rings (SSSR count). The fourth-order valence-electron chi connectivity index (χ4n) is 3.95. The maximum Gasteiger partial charge on any atom is 0.271 e. The van der Waals surface area contributed by atoms with Crippen LogP contribution in [0, 0.1) is 12.8 Å². The number of amidine groups is 1. The van der Waals surface area contributed by atoms with E-state index in [-0.39, 0.29) is 19.1 Å². The molecule has 0 bridgehead atoms. The molecule has 1 aliphatic heterocycles. The van der Waals surface area contributed by atoms with Crippen LogP contribution in [0.25, 0.3) is 6.08 Å². The average Bonchev–Trinajstić information content (AvgIpc) is 3.13. The Kier molecular flexibility index (Phi) is 9.48. The number of rotatable bonds is 11. The molecule has 1 saturated carbocycles. The van der Waals surface area contributed by atoms with E-state index in [0.29, 0.717) is 39.9 Å². The molecule has 2 aromatic carbocycles. The summed E-state index contributed by atoms with van der Waals surface area (Å²) >= 11 is 7.83. The first kappa shape index (κ1) is 26.7. The number of aliphatic hydroxyl groups is 1. The van der Waals surface area contributed by atoms with Gasteiger partial charge in [-0.15, -0.1) is 0 Å². The van der Waals surface area contributed by atoms with E-state index < -0.39 is 6.10 Å². The Bertz CT molecular complexity index is 1130. The van der Waals surface area contributed by atoms with Crippen LogP contribution in [0.3, 0.4) is 0 Å². The molecule has 1 saturated heterocycles. The third-order valence-electron chi connectivity index (χ3n) is 6.21. The van der Waals surface area contributed by atoms with Gasteiger partial charge in [-0.3, -0.25) is 14.7 Å². The van der Waals surface area contributed by atoms with Gasteiger partial charge in [0.05, 0.1) is 22.2 Å². The standard InChI is InChI=1S/C28H33ClN2O4S/c1-3-13-30-28-31(24-10-5-4-7-19(24)2)27(33)26(36-28)15-21-11-12-25(23(29)14-21)35-18-22(32)17-34-16-20-8-6-9-20/h4-5,7,10-12,14-15,20,22,32H,3,6,8-9,13,16-18H2,1-2H3/b26-15-,30-28-/t22-/m1/s1. The summed E-state index contributed by atoms with van der Waals surface area (Å²) in [6.07, 6.45) is 5.71. The first-order chi connectivity index (χ1) is 17.5. The number of ether oxygens (including phenoxy) is 2. The Hall–Kier alpha value is -2.32. The minimum absolute atomic E-state index is 0.0990. The van der Waals surface area contributed by atoms with Crippen LogP contribution in [0.1, 0.15) is 43.7 Å². The number of halogens is 1. The van der Waals surface area contributed by atoms with E-state index in [2.05, 4.69) is 11.9 Å². The number of para-hydroxylation sites is 1. The highest BCUT2D eigenvalue weighted by atomic mass is 35.5. The first-order valence-corrected chi connectivity index (χ1v) is 13.7. The number of carbonyl (C=O) groups is 1. The highest BCUT2D eigenvalue weighted by Crippen LogP contribution is 2.38. The third-order valence-corrected chi connectivity index (χ3v) is 7.51. The predicted molar refractivity (Wildman–Crippen MR) is 148 cm³/mol. The molecule has 2 aliphatic rings. The molecule has 36 heavy (non-hydrogen) atoms. The van der Waals surface area contributed by atoms with E-state index in [1.165, 1.54) is 31.0 Å². The molecule has 2 aromatic rings. The van der Waals surface area contributed by atoms with Crippen LogP contribution in [0.4, 0.5) is 5.69 Å². The Morgan fingerprint density at radius 1 is 1.25 bits per heavy atom. The first-order valence-electron chi connectivity index (χ1n) is 12.5. The number of aliphatic hydroxyl groups excluding tert-OH is 1. The lowest BCUT2D eigenvalue weighted by atomic mass is 9.86. The maximum atomic E-state index is 13.4. The molecule has 0 spiro atoms. The lowest BCUT2D eigenvalue weighted by Crippen LogP contribution is -2.29. The van der Waals surface area contributed by atoms with Crippen molar-refractivity contribution in [2.45, 2.75) is 45.6 Å². The largest absolute Gasteiger partial charge is 0.489 e. The summed E-state index contributed by atoms with van der Waals surface area (Å²) in [6, 6.07) is 13.2. The van der Waals surface area contributed by atoms with Crippen LogP contribution in [0.15, 0.2) is 52.4 Å². The van der Waals surface area contributed by atoms with E-state index in [1.807, 2.05) is 43.3 Å².